The van der Waals surface area contributed by atoms with Crippen LogP contribution < -0.4 is 0 Å². The summed E-state index contributed by atoms with van der Waals surface area (Å²) in [7, 11) is 0. The third kappa shape index (κ3) is 25.6. The zero-order valence-electron chi connectivity index (χ0n) is 3.48. The first-order chi connectivity index (χ1) is 1.00. The van der Waals surface area contributed by atoms with Gasteiger partial charge in [-0.3, -0.25) is 0 Å². The van der Waals surface area contributed by atoms with Gasteiger partial charge in [0.1, 0.15) is 0 Å². The summed E-state index contributed by atoms with van der Waals surface area (Å²) in [6, 6.07) is 0. The fourth-order valence-corrected chi connectivity index (χ4v) is 0. The van der Waals surface area contributed by atoms with Crippen LogP contribution in [-0.4, -0.2) is 74.2 Å². The topological polar surface area (TPSA) is 17.1 Å². The van der Waals surface area contributed by atoms with Crippen LogP contribution in [0.25, 0.3) is 0 Å². The molecule has 6 heteroatoms. The van der Waals surface area contributed by atoms with Gasteiger partial charge in [0.15, 0.2) is 0 Å². The molecule has 0 saturated heterocycles. The van der Waals surface area contributed by atoms with E-state index in [0.717, 1.165) is 0 Å². The second-order valence-electron chi connectivity index (χ2n) is 0. The van der Waals surface area contributed by atoms with E-state index in [1.165, 1.54) is 0 Å². The van der Waals surface area contributed by atoms with E-state index < -0.39 is 0 Å². The maximum Gasteiger partial charge on any atom is 0 e. The standard InChI is InChI=1S/2In.O.Sn.2Zn. The minimum atomic E-state index is 0. The first kappa shape index (κ1) is 33.6. The predicted octanol–water partition coefficient (Wildman–Crippen LogP) is -1.27. The molecule has 0 unspecified atom stereocenters. The summed E-state index contributed by atoms with van der Waals surface area (Å²) in [5.41, 5.74) is 0. The van der Waals surface area contributed by atoms with Gasteiger partial charge in [0.2, 0.25) is 0 Å². The summed E-state index contributed by atoms with van der Waals surface area (Å²) >= 11 is 0.300. The Kier molecular flexibility index (Phi) is 215. The van der Waals surface area contributed by atoms with E-state index in [1.807, 2.05) is 0 Å². The monoisotopic (exact) mass is 494 g/mol. The Hall–Kier alpha value is 3.59. The maximum atomic E-state index is 8.34. The summed E-state index contributed by atoms with van der Waals surface area (Å²) in [6.45, 7) is 0. The fourth-order valence-electron chi connectivity index (χ4n) is 0. The quantitative estimate of drug-likeness (QED) is 0.384. The smallest absolute Gasteiger partial charge is 0 e. The average Bonchev–Trinajstić information content (AvgIpc) is 1.00. The van der Waals surface area contributed by atoms with Crippen molar-refractivity contribution < 1.29 is 42.0 Å². The minimum Gasteiger partial charge on any atom is 0 e. The fraction of sp³-hybridized carbons (Fsp3) is 0. The van der Waals surface area contributed by atoms with Crippen LogP contribution in [0.15, 0.2) is 0 Å². The zero-order valence-corrected chi connectivity index (χ0v) is 18.9. The van der Waals surface area contributed by atoms with Crippen molar-refractivity contribution in [1.82, 2.24) is 0 Å². The molecule has 0 fully saturated rings. The molecule has 0 bridgehead atoms. The normalized spacial score (nSPS) is 0.667. The molecule has 0 aromatic carbocycles. The number of hydrogen-bond acceptors (Lipinski definition) is 1. The number of hydrogen-bond donors (Lipinski definition) is 0. The van der Waals surface area contributed by atoms with E-state index in [4.69, 9.17) is 3.08 Å². The van der Waals surface area contributed by atoms with Crippen LogP contribution in [0.4, 0.5) is 0 Å². The Morgan fingerprint density at radius 2 is 0.833 bits per heavy atom. The van der Waals surface area contributed by atoms with Crippen molar-refractivity contribution in [2.45, 2.75) is 0 Å². The van der Waals surface area contributed by atoms with E-state index in [9.17, 15) is 0 Å². The summed E-state index contributed by atoms with van der Waals surface area (Å²) < 4.78 is 8.34. The second kappa shape index (κ2) is 38.4. The summed E-state index contributed by atoms with van der Waals surface area (Å²) in [5, 5.41) is 0. The van der Waals surface area contributed by atoms with Gasteiger partial charge in [-0.2, -0.15) is 0 Å². The molecule has 8 radical (unpaired) electrons. The third-order valence-electron chi connectivity index (χ3n) is 0. The molecule has 0 heterocycles. The molecule has 20 valence electrons. The van der Waals surface area contributed by atoms with E-state index in [2.05, 4.69) is 0 Å². The Morgan fingerprint density at radius 1 is 0.833 bits per heavy atom. The third-order valence-corrected chi connectivity index (χ3v) is 0. The molecule has 0 aliphatic rings. The summed E-state index contributed by atoms with van der Waals surface area (Å²) in [5.74, 6) is 0. The van der Waals surface area contributed by atoms with E-state index in [-0.39, 0.29) is 90.6 Å². The van der Waals surface area contributed by atoms with E-state index in [1.54, 1.807) is 0 Å². The van der Waals surface area contributed by atoms with Gasteiger partial charge in [0.25, 0.3) is 0 Å². The van der Waals surface area contributed by atoms with Crippen LogP contribution in [0.3, 0.4) is 0 Å². The van der Waals surface area contributed by atoms with Gasteiger partial charge >= 0.3 is 25.6 Å². The first-order valence-electron chi connectivity index (χ1n) is 0.204. The average molecular weight is 495 g/mol. The van der Waals surface area contributed by atoms with Gasteiger partial charge in [-0.15, -0.1) is 0 Å². The molecule has 0 N–H and O–H groups in total. The SMILES string of the molecule is [In].[In].[O]=[Sn].[Zn].[Zn]. The molecule has 0 rings (SSSR count). The molecular weight excluding hydrogens is 495 g/mol. The van der Waals surface area contributed by atoms with E-state index in [0.29, 0.717) is 22.5 Å². The molecule has 0 aromatic rings. The van der Waals surface area contributed by atoms with E-state index >= 15 is 0 Å². The molecule has 0 spiro atoms. The van der Waals surface area contributed by atoms with Crippen molar-refractivity contribution in [3.8, 4) is 0 Å². The molecule has 0 atom stereocenters. The molecular formula is In2OSnZn2. The molecule has 0 saturated carbocycles. The van der Waals surface area contributed by atoms with Crippen molar-refractivity contribution in [3.63, 3.8) is 0 Å². The van der Waals surface area contributed by atoms with Crippen LogP contribution in [0.5, 0.6) is 0 Å². The molecule has 0 amide bonds. The van der Waals surface area contributed by atoms with Crippen molar-refractivity contribution in [2.24, 2.45) is 0 Å². The van der Waals surface area contributed by atoms with Crippen LogP contribution >= 0.6 is 0 Å². The van der Waals surface area contributed by atoms with Gasteiger partial charge in [-0.1, -0.05) is 0 Å². The molecule has 0 aromatic heterocycles. The van der Waals surface area contributed by atoms with Crippen molar-refractivity contribution >= 4 is 74.2 Å². The van der Waals surface area contributed by atoms with Crippen molar-refractivity contribution in [3.05, 3.63) is 0 Å². The largest absolute Gasteiger partial charge is 0 e. The van der Waals surface area contributed by atoms with Gasteiger partial charge in [-0.05, 0) is 0 Å². The molecule has 0 aliphatic carbocycles. The van der Waals surface area contributed by atoms with Gasteiger partial charge < -0.3 is 0 Å². The second-order valence-corrected chi connectivity index (χ2v) is 0. The summed E-state index contributed by atoms with van der Waals surface area (Å²) in [4.78, 5) is 0. The van der Waals surface area contributed by atoms with Gasteiger partial charge in [-0.25, -0.2) is 0 Å². The van der Waals surface area contributed by atoms with Crippen molar-refractivity contribution in [2.75, 3.05) is 0 Å². The zero-order chi connectivity index (χ0) is 2.00. The van der Waals surface area contributed by atoms with Crippen molar-refractivity contribution in [1.29, 1.82) is 0 Å². The Balaban J connectivity index is -0.000000000833. The van der Waals surface area contributed by atoms with Gasteiger partial charge in [0.05, 0.1) is 0 Å². The van der Waals surface area contributed by atoms with Crippen LogP contribution in [0, 0.1) is 0 Å². The molecule has 6 heavy (non-hydrogen) atoms. The molecule has 0 aliphatic heterocycles. The van der Waals surface area contributed by atoms with Crippen LogP contribution in [-0.2, 0) is 42.0 Å². The van der Waals surface area contributed by atoms with Crippen LogP contribution in [0.2, 0.25) is 0 Å². The Labute approximate surface area is 114 Å². The Morgan fingerprint density at radius 3 is 0.833 bits per heavy atom. The maximum absolute atomic E-state index is 8.34. The number of rotatable bonds is 0. The minimum absolute atomic E-state index is 0. The first-order valence-corrected chi connectivity index (χ1v) is 1.37. The molecule has 1 nitrogen and oxygen atoms in total. The predicted molar refractivity (Wildman–Crippen MR) is 17.9 cm³/mol. The van der Waals surface area contributed by atoms with Gasteiger partial charge in [0, 0.05) is 90.6 Å². The summed E-state index contributed by atoms with van der Waals surface area (Å²) in [6.07, 6.45) is 0. The van der Waals surface area contributed by atoms with Crippen LogP contribution in [0.1, 0.15) is 0 Å². The Bertz CT molecular complexity index is 11.5.